The molecule has 0 unspecified atom stereocenters. The number of nitrogens with one attached hydrogen (secondary N) is 1. The van der Waals surface area contributed by atoms with Crippen LogP contribution in [0.3, 0.4) is 0 Å². The highest BCUT2D eigenvalue weighted by Gasteiger charge is 2.20. The number of carbonyl (C=O) groups excluding carboxylic acids is 2. The van der Waals surface area contributed by atoms with Gasteiger partial charge in [0, 0.05) is 38.8 Å². The van der Waals surface area contributed by atoms with Crippen molar-refractivity contribution < 1.29 is 9.59 Å². The Morgan fingerprint density at radius 1 is 1.05 bits per heavy atom. The molecule has 0 radical (unpaired) electrons. The van der Waals surface area contributed by atoms with Gasteiger partial charge in [-0.25, -0.2) is 0 Å². The van der Waals surface area contributed by atoms with Crippen molar-refractivity contribution in [3.8, 4) is 0 Å². The number of hydrogen-bond donors (Lipinski definition) is 1. The fraction of sp³-hybridized carbons (Fsp3) is 0.529. The Bertz CT molecular complexity index is 552. The fourth-order valence-corrected chi connectivity index (χ4v) is 2.98. The van der Waals surface area contributed by atoms with Gasteiger partial charge in [0.05, 0.1) is 6.54 Å². The molecule has 22 heavy (non-hydrogen) atoms. The summed E-state index contributed by atoms with van der Waals surface area (Å²) in [7, 11) is 0. The third-order valence-electron chi connectivity index (χ3n) is 4.13. The van der Waals surface area contributed by atoms with Gasteiger partial charge in [-0.15, -0.1) is 0 Å². The quantitative estimate of drug-likeness (QED) is 0.925. The Morgan fingerprint density at radius 3 is 2.09 bits per heavy atom. The van der Waals surface area contributed by atoms with Crippen LogP contribution in [-0.2, 0) is 9.59 Å². The van der Waals surface area contributed by atoms with Crippen LogP contribution in [0.1, 0.15) is 23.6 Å². The van der Waals surface area contributed by atoms with E-state index in [1.807, 2.05) is 18.7 Å². The molecule has 1 N–H and O–H groups in total. The lowest BCUT2D eigenvalue weighted by molar-refractivity contribution is -0.130. The summed E-state index contributed by atoms with van der Waals surface area (Å²) in [6.07, 6.45) is 0. The first-order valence-corrected chi connectivity index (χ1v) is 7.72. The maximum atomic E-state index is 12.3. The zero-order valence-electron chi connectivity index (χ0n) is 13.9. The lowest BCUT2D eigenvalue weighted by Crippen LogP contribution is -2.49. The van der Waals surface area contributed by atoms with Crippen LogP contribution in [0.2, 0.25) is 0 Å². The highest BCUT2D eigenvalue weighted by atomic mass is 16.2. The molecule has 1 heterocycles. The van der Waals surface area contributed by atoms with Gasteiger partial charge in [-0.05, 0) is 31.9 Å². The number of rotatable bonds is 3. The maximum absolute atomic E-state index is 12.3. The second-order valence-electron chi connectivity index (χ2n) is 6.10. The number of hydrogen-bond acceptors (Lipinski definition) is 3. The molecule has 120 valence electrons. The molecule has 0 atom stereocenters. The van der Waals surface area contributed by atoms with Crippen molar-refractivity contribution in [2.24, 2.45) is 0 Å². The number of piperazine rings is 1. The molecule has 0 saturated carbocycles. The van der Waals surface area contributed by atoms with Gasteiger partial charge >= 0.3 is 0 Å². The number of nitrogens with zero attached hydrogens (tertiary/aromatic N) is 2. The van der Waals surface area contributed by atoms with Gasteiger partial charge in [-0.2, -0.15) is 0 Å². The molecule has 1 fully saturated rings. The van der Waals surface area contributed by atoms with Crippen LogP contribution in [0.4, 0.5) is 5.69 Å². The molecule has 5 heteroatoms. The number of amides is 2. The third kappa shape index (κ3) is 4.07. The molecule has 2 rings (SSSR count). The van der Waals surface area contributed by atoms with Crippen LogP contribution >= 0.6 is 0 Å². The number of carbonyl (C=O) groups is 2. The third-order valence-corrected chi connectivity index (χ3v) is 4.13. The average Bonchev–Trinajstić information content (AvgIpc) is 2.43. The van der Waals surface area contributed by atoms with Gasteiger partial charge in [0.25, 0.3) is 0 Å². The highest BCUT2D eigenvalue weighted by molar-refractivity contribution is 5.93. The van der Waals surface area contributed by atoms with Gasteiger partial charge < -0.3 is 10.2 Å². The van der Waals surface area contributed by atoms with Crippen molar-refractivity contribution in [2.75, 3.05) is 38.0 Å². The first-order chi connectivity index (χ1) is 10.4. The summed E-state index contributed by atoms with van der Waals surface area (Å²) in [4.78, 5) is 27.5. The molecule has 0 aromatic heterocycles. The minimum absolute atomic E-state index is 0.00586. The Labute approximate surface area is 132 Å². The van der Waals surface area contributed by atoms with Gasteiger partial charge in [0.2, 0.25) is 11.8 Å². The van der Waals surface area contributed by atoms with E-state index in [0.29, 0.717) is 19.6 Å². The van der Waals surface area contributed by atoms with Crippen molar-refractivity contribution in [3.05, 3.63) is 28.8 Å². The Balaban J connectivity index is 1.90. The summed E-state index contributed by atoms with van der Waals surface area (Å²) >= 11 is 0. The zero-order chi connectivity index (χ0) is 16.3. The molecular weight excluding hydrogens is 278 g/mol. The lowest BCUT2D eigenvalue weighted by Gasteiger charge is -2.33. The number of benzene rings is 1. The molecule has 0 spiro atoms. The lowest BCUT2D eigenvalue weighted by atomic mass is 10.1. The molecule has 1 aromatic carbocycles. The van der Waals surface area contributed by atoms with E-state index < -0.39 is 0 Å². The predicted molar refractivity (Wildman–Crippen MR) is 88.0 cm³/mol. The van der Waals surface area contributed by atoms with Crippen molar-refractivity contribution >= 4 is 17.5 Å². The second-order valence-corrected chi connectivity index (χ2v) is 6.10. The fourth-order valence-electron chi connectivity index (χ4n) is 2.98. The van der Waals surface area contributed by atoms with Gasteiger partial charge in [0.1, 0.15) is 0 Å². The smallest absolute Gasteiger partial charge is 0.238 e. The minimum Gasteiger partial charge on any atom is -0.340 e. The van der Waals surface area contributed by atoms with Crippen LogP contribution in [0.5, 0.6) is 0 Å². The van der Waals surface area contributed by atoms with Crippen molar-refractivity contribution in [2.45, 2.75) is 27.7 Å². The molecule has 1 aliphatic heterocycles. The zero-order valence-corrected chi connectivity index (χ0v) is 13.9. The molecule has 0 bridgehead atoms. The van der Waals surface area contributed by atoms with Crippen LogP contribution in [0.15, 0.2) is 12.1 Å². The summed E-state index contributed by atoms with van der Waals surface area (Å²) in [5, 5.41) is 3.03. The second kappa shape index (κ2) is 6.92. The summed E-state index contributed by atoms with van der Waals surface area (Å²) < 4.78 is 0. The van der Waals surface area contributed by atoms with E-state index >= 15 is 0 Å². The Kier molecular flexibility index (Phi) is 5.19. The van der Waals surface area contributed by atoms with Gasteiger partial charge in [-0.1, -0.05) is 17.7 Å². The summed E-state index contributed by atoms with van der Waals surface area (Å²) in [5.74, 6) is 0.112. The molecule has 1 aliphatic rings. The van der Waals surface area contributed by atoms with Crippen LogP contribution in [-0.4, -0.2) is 54.3 Å². The van der Waals surface area contributed by atoms with Gasteiger partial charge in [0.15, 0.2) is 0 Å². The molecule has 1 saturated heterocycles. The van der Waals surface area contributed by atoms with E-state index in [9.17, 15) is 9.59 Å². The van der Waals surface area contributed by atoms with Crippen molar-refractivity contribution in [1.29, 1.82) is 0 Å². The SMILES string of the molecule is CC(=O)N1CCN(CC(=O)Nc2c(C)cc(C)cc2C)CC1. The monoisotopic (exact) mass is 303 g/mol. The molecule has 0 aliphatic carbocycles. The largest absolute Gasteiger partial charge is 0.340 e. The first kappa shape index (κ1) is 16.5. The number of anilines is 1. The molecule has 5 nitrogen and oxygen atoms in total. The normalized spacial score (nSPS) is 15.7. The van der Waals surface area contributed by atoms with Crippen LogP contribution < -0.4 is 5.32 Å². The van der Waals surface area contributed by atoms with E-state index in [1.165, 1.54) is 5.56 Å². The Morgan fingerprint density at radius 2 is 1.59 bits per heavy atom. The van der Waals surface area contributed by atoms with E-state index in [-0.39, 0.29) is 11.8 Å². The van der Waals surface area contributed by atoms with E-state index in [4.69, 9.17) is 0 Å². The molecular formula is C17H25N3O2. The standard InChI is InChI=1S/C17H25N3O2/c1-12-9-13(2)17(14(3)10-12)18-16(22)11-19-5-7-20(8-6-19)15(4)21/h9-10H,5-8,11H2,1-4H3,(H,18,22). The predicted octanol–water partition coefficient (Wildman–Crippen LogP) is 1.71. The van der Waals surface area contributed by atoms with Crippen LogP contribution in [0.25, 0.3) is 0 Å². The molecule has 1 aromatic rings. The summed E-state index contributed by atoms with van der Waals surface area (Å²) in [5.41, 5.74) is 4.30. The topological polar surface area (TPSA) is 52.7 Å². The number of aryl methyl sites for hydroxylation is 3. The van der Waals surface area contributed by atoms with Crippen molar-refractivity contribution in [1.82, 2.24) is 9.80 Å². The van der Waals surface area contributed by atoms with Crippen LogP contribution in [0, 0.1) is 20.8 Å². The summed E-state index contributed by atoms with van der Waals surface area (Å²) in [6.45, 7) is 10.9. The van der Waals surface area contributed by atoms with Gasteiger partial charge in [-0.3, -0.25) is 14.5 Å². The van der Waals surface area contributed by atoms with E-state index in [1.54, 1.807) is 6.92 Å². The highest BCUT2D eigenvalue weighted by Crippen LogP contribution is 2.21. The first-order valence-electron chi connectivity index (χ1n) is 7.72. The molecule has 2 amide bonds. The average molecular weight is 303 g/mol. The Hall–Kier alpha value is -1.88. The van der Waals surface area contributed by atoms with E-state index in [0.717, 1.165) is 29.9 Å². The van der Waals surface area contributed by atoms with E-state index in [2.05, 4.69) is 29.3 Å². The van der Waals surface area contributed by atoms with Crippen molar-refractivity contribution in [3.63, 3.8) is 0 Å². The maximum Gasteiger partial charge on any atom is 0.238 e. The summed E-state index contributed by atoms with van der Waals surface area (Å²) in [6, 6.07) is 4.16. The minimum atomic E-state index is 0.00586.